The summed E-state index contributed by atoms with van der Waals surface area (Å²) in [5.41, 5.74) is 0.830. The zero-order valence-corrected chi connectivity index (χ0v) is 19.1. The molecule has 4 rings (SSSR count). The molecular weight excluding hydrogens is 481 g/mol. The van der Waals surface area contributed by atoms with Gasteiger partial charge in [-0.15, -0.1) is 0 Å². The Labute approximate surface area is 204 Å². The second-order valence-electron chi connectivity index (χ2n) is 7.13. The standard InChI is InChI=1S/C24H17Cl2N3O5/c1-34-19-10-9-14(25)12-17(19)29-23(32)20(26)21(24(29)33)27-15-6-4-5-13(11-15)22(31)28-16-7-2-3-8-18(16)30/h2-12,27,30H,1H3,(H,28,31). The lowest BCUT2D eigenvalue weighted by atomic mass is 10.1. The minimum absolute atomic E-state index is 0.0753. The molecular formula is C24H17Cl2N3O5. The summed E-state index contributed by atoms with van der Waals surface area (Å²) in [4.78, 5) is 39.4. The van der Waals surface area contributed by atoms with Crippen LogP contribution in [0, 0.1) is 0 Å². The average Bonchev–Trinajstić information content (AvgIpc) is 3.03. The third kappa shape index (κ3) is 4.41. The van der Waals surface area contributed by atoms with Gasteiger partial charge in [0.15, 0.2) is 0 Å². The molecule has 0 fully saturated rings. The van der Waals surface area contributed by atoms with Gasteiger partial charge < -0.3 is 20.5 Å². The smallest absolute Gasteiger partial charge is 0.283 e. The first-order valence-corrected chi connectivity index (χ1v) is 10.6. The van der Waals surface area contributed by atoms with Gasteiger partial charge in [0, 0.05) is 16.3 Å². The molecule has 0 aromatic heterocycles. The molecule has 1 aliphatic rings. The first-order chi connectivity index (χ1) is 16.3. The van der Waals surface area contributed by atoms with E-state index in [4.69, 9.17) is 27.9 Å². The first-order valence-electron chi connectivity index (χ1n) is 9.88. The van der Waals surface area contributed by atoms with Crippen LogP contribution in [-0.2, 0) is 9.59 Å². The Morgan fingerprint density at radius 1 is 0.971 bits per heavy atom. The number of rotatable bonds is 6. The van der Waals surface area contributed by atoms with Crippen LogP contribution in [0.4, 0.5) is 17.1 Å². The summed E-state index contributed by atoms with van der Waals surface area (Å²) < 4.78 is 5.25. The number of hydrogen-bond acceptors (Lipinski definition) is 6. The number of carbonyl (C=O) groups excluding carboxylic acids is 3. The topological polar surface area (TPSA) is 108 Å². The number of carbonyl (C=O) groups is 3. The van der Waals surface area contributed by atoms with Crippen LogP contribution in [-0.4, -0.2) is 29.9 Å². The fraction of sp³-hybridized carbons (Fsp3) is 0.0417. The average molecular weight is 498 g/mol. The molecule has 3 N–H and O–H groups in total. The molecule has 0 saturated heterocycles. The van der Waals surface area contributed by atoms with Crippen molar-refractivity contribution in [3.05, 3.63) is 88.0 Å². The van der Waals surface area contributed by atoms with Gasteiger partial charge in [0.05, 0.1) is 18.5 Å². The molecule has 3 amide bonds. The van der Waals surface area contributed by atoms with Gasteiger partial charge in [-0.05, 0) is 48.5 Å². The number of phenols is 1. The minimum Gasteiger partial charge on any atom is -0.506 e. The normalized spacial score (nSPS) is 13.3. The van der Waals surface area contributed by atoms with Crippen LogP contribution in [0.3, 0.4) is 0 Å². The predicted molar refractivity (Wildman–Crippen MR) is 130 cm³/mol. The Morgan fingerprint density at radius 3 is 2.47 bits per heavy atom. The molecule has 172 valence electrons. The molecule has 3 aromatic carbocycles. The highest BCUT2D eigenvalue weighted by Gasteiger charge is 2.40. The van der Waals surface area contributed by atoms with Gasteiger partial charge in [-0.2, -0.15) is 0 Å². The number of hydrogen-bond donors (Lipinski definition) is 3. The van der Waals surface area contributed by atoms with E-state index in [1.807, 2.05) is 0 Å². The molecule has 0 aliphatic carbocycles. The maximum atomic E-state index is 13.1. The summed E-state index contributed by atoms with van der Waals surface area (Å²) in [5, 5.41) is 15.3. The van der Waals surface area contributed by atoms with E-state index in [9.17, 15) is 19.5 Å². The van der Waals surface area contributed by atoms with Gasteiger partial charge >= 0.3 is 0 Å². The minimum atomic E-state index is -0.747. The van der Waals surface area contributed by atoms with Crippen molar-refractivity contribution >= 4 is 58.0 Å². The second kappa shape index (κ2) is 9.46. The number of imide groups is 1. The van der Waals surface area contributed by atoms with Gasteiger partial charge in [0.2, 0.25) is 0 Å². The quantitative estimate of drug-likeness (QED) is 0.335. The molecule has 8 nitrogen and oxygen atoms in total. The van der Waals surface area contributed by atoms with E-state index in [0.29, 0.717) is 10.7 Å². The number of aromatic hydroxyl groups is 1. The monoisotopic (exact) mass is 497 g/mol. The lowest BCUT2D eigenvalue weighted by Gasteiger charge is -2.18. The highest BCUT2D eigenvalue weighted by atomic mass is 35.5. The SMILES string of the molecule is COc1ccc(Cl)cc1N1C(=O)C(Cl)=C(Nc2cccc(C(=O)Nc3ccccc3O)c2)C1=O. The second-order valence-corrected chi connectivity index (χ2v) is 7.94. The number of anilines is 3. The highest BCUT2D eigenvalue weighted by molar-refractivity contribution is 6.53. The molecule has 10 heteroatoms. The van der Waals surface area contributed by atoms with Crippen molar-refractivity contribution in [1.82, 2.24) is 0 Å². The van der Waals surface area contributed by atoms with Crippen molar-refractivity contribution in [2.45, 2.75) is 0 Å². The number of methoxy groups -OCH3 is 1. The zero-order valence-electron chi connectivity index (χ0n) is 17.6. The van der Waals surface area contributed by atoms with Gasteiger partial charge in [-0.3, -0.25) is 14.4 Å². The summed E-state index contributed by atoms with van der Waals surface area (Å²) in [6.45, 7) is 0. The Balaban J connectivity index is 1.58. The van der Waals surface area contributed by atoms with Crippen molar-refractivity contribution in [2.24, 2.45) is 0 Å². The number of nitrogens with one attached hydrogen (secondary N) is 2. The van der Waals surface area contributed by atoms with Crippen molar-refractivity contribution in [3.8, 4) is 11.5 Å². The van der Waals surface area contributed by atoms with Crippen LogP contribution in [0.2, 0.25) is 5.02 Å². The van der Waals surface area contributed by atoms with E-state index < -0.39 is 17.7 Å². The summed E-state index contributed by atoms with van der Waals surface area (Å²) >= 11 is 12.2. The van der Waals surface area contributed by atoms with Gasteiger partial charge in [-0.1, -0.05) is 41.4 Å². The maximum Gasteiger partial charge on any atom is 0.283 e. The number of para-hydroxylation sites is 2. The van der Waals surface area contributed by atoms with E-state index in [-0.39, 0.29) is 39.2 Å². The van der Waals surface area contributed by atoms with Crippen LogP contribution in [0.15, 0.2) is 77.5 Å². The number of amides is 3. The van der Waals surface area contributed by atoms with Crippen LogP contribution in [0.5, 0.6) is 11.5 Å². The molecule has 0 unspecified atom stereocenters. The van der Waals surface area contributed by atoms with Gasteiger partial charge in [0.25, 0.3) is 17.7 Å². The number of nitrogens with zero attached hydrogens (tertiary/aromatic N) is 1. The molecule has 0 spiro atoms. The lowest BCUT2D eigenvalue weighted by molar-refractivity contribution is -0.120. The molecule has 0 bridgehead atoms. The predicted octanol–water partition coefficient (Wildman–Crippen LogP) is 4.74. The zero-order chi connectivity index (χ0) is 24.4. The van der Waals surface area contributed by atoms with Crippen LogP contribution in [0.25, 0.3) is 0 Å². The maximum absolute atomic E-state index is 13.1. The fourth-order valence-corrected chi connectivity index (χ4v) is 3.70. The van der Waals surface area contributed by atoms with E-state index in [1.165, 1.54) is 31.4 Å². The Kier molecular flexibility index (Phi) is 6.45. The molecule has 1 aliphatic heterocycles. The molecule has 0 radical (unpaired) electrons. The van der Waals surface area contributed by atoms with E-state index in [0.717, 1.165) is 4.90 Å². The third-order valence-corrected chi connectivity index (χ3v) is 5.54. The highest BCUT2D eigenvalue weighted by Crippen LogP contribution is 2.37. The summed E-state index contributed by atoms with van der Waals surface area (Å²) in [6, 6.07) is 17.1. The fourth-order valence-electron chi connectivity index (χ4n) is 3.32. The van der Waals surface area contributed by atoms with E-state index in [2.05, 4.69) is 10.6 Å². The lowest BCUT2D eigenvalue weighted by Crippen LogP contribution is -2.32. The Morgan fingerprint density at radius 2 is 1.74 bits per heavy atom. The molecule has 34 heavy (non-hydrogen) atoms. The van der Waals surface area contributed by atoms with Crippen LogP contribution >= 0.6 is 23.2 Å². The Hall–Kier alpha value is -4.01. The third-order valence-electron chi connectivity index (χ3n) is 4.96. The molecule has 0 atom stereocenters. The van der Waals surface area contributed by atoms with E-state index >= 15 is 0 Å². The van der Waals surface area contributed by atoms with Gasteiger partial charge in [0.1, 0.15) is 22.2 Å². The van der Waals surface area contributed by atoms with Crippen molar-refractivity contribution in [1.29, 1.82) is 0 Å². The van der Waals surface area contributed by atoms with Crippen LogP contribution in [0.1, 0.15) is 10.4 Å². The van der Waals surface area contributed by atoms with E-state index in [1.54, 1.807) is 42.5 Å². The summed E-state index contributed by atoms with van der Waals surface area (Å²) in [5.74, 6) is -1.75. The van der Waals surface area contributed by atoms with Gasteiger partial charge in [-0.25, -0.2) is 4.90 Å². The van der Waals surface area contributed by atoms with Crippen molar-refractivity contribution in [2.75, 3.05) is 22.6 Å². The summed E-state index contributed by atoms with van der Waals surface area (Å²) in [6.07, 6.45) is 0. The first kappa shape index (κ1) is 23.2. The molecule has 1 heterocycles. The van der Waals surface area contributed by atoms with Crippen LogP contribution < -0.4 is 20.3 Å². The largest absolute Gasteiger partial charge is 0.506 e. The molecule has 0 saturated carbocycles. The van der Waals surface area contributed by atoms with Crippen molar-refractivity contribution in [3.63, 3.8) is 0 Å². The summed E-state index contributed by atoms with van der Waals surface area (Å²) in [7, 11) is 1.40. The number of phenolic OH excluding ortho intramolecular Hbond substituents is 1. The number of benzene rings is 3. The Bertz CT molecular complexity index is 1360. The number of halogens is 2. The number of ether oxygens (including phenoxy) is 1. The molecule has 3 aromatic rings. The van der Waals surface area contributed by atoms with Crippen molar-refractivity contribution < 1.29 is 24.2 Å².